The molecule has 1 aliphatic carbocycles. The van der Waals surface area contributed by atoms with Crippen LogP contribution in [0.25, 0.3) is 43.6 Å². The van der Waals surface area contributed by atoms with Crippen LogP contribution >= 0.6 is 0 Å². The Hall–Kier alpha value is -4.10. The van der Waals surface area contributed by atoms with Gasteiger partial charge in [-0.15, -0.1) is 0 Å². The summed E-state index contributed by atoms with van der Waals surface area (Å²) in [4.78, 5) is 31.5. The highest BCUT2D eigenvalue weighted by Gasteiger charge is 2.30. The molecule has 2 heterocycles. The average molecular weight is 415 g/mol. The van der Waals surface area contributed by atoms with E-state index in [2.05, 4.69) is 15.0 Å². The minimum atomic E-state index is -0.978. The molecule has 1 aliphatic rings. The van der Waals surface area contributed by atoms with Crippen LogP contribution in [0.1, 0.15) is 40.7 Å². The molecule has 31 heavy (non-hydrogen) atoms. The summed E-state index contributed by atoms with van der Waals surface area (Å²) in [6.45, 7) is 1.88. The van der Waals surface area contributed by atoms with E-state index >= 15 is 0 Å². The fourth-order valence-electron chi connectivity index (χ4n) is 4.05. The van der Waals surface area contributed by atoms with Crippen LogP contribution in [-0.2, 0) is 6.54 Å². The van der Waals surface area contributed by atoms with Gasteiger partial charge >= 0.3 is 5.97 Å². The molecule has 9 nitrogen and oxygen atoms in total. The van der Waals surface area contributed by atoms with Crippen molar-refractivity contribution in [2.45, 2.75) is 32.4 Å². The number of azide groups is 1. The lowest BCUT2D eigenvalue weighted by atomic mass is 9.96. The quantitative estimate of drug-likeness (QED) is 0.279. The Morgan fingerprint density at radius 1 is 1.29 bits per heavy atom. The van der Waals surface area contributed by atoms with Crippen LogP contribution in [-0.4, -0.2) is 20.6 Å². The number of benzene rings is 2. The van der Waals surface area contributed by atoms with Gasteiger partial charge < -0.3 is 14.1 Å². The van der Waals surface area contributed by atoms with E-state index in [1.54, 1.807) is 28.8 Å². The van der Waals surface area contributed by atoms with Crippen LogP contribution in [0.15, 0.2) is 50.7 Å². The van der Waals surface area contributed by atoms with Crippen molar-refractivity contribution in [2.75, 3.05) is 0 Å². The normalized spacial score (nSPS) is 13.5. The zero-order chi connectivity index (χ0) is 21.7. The molecule has 4 aromatic rings. The maximum absolute atomic E-state index is 13.3. The minimum Gasteiger partial charge on any atom is -0.478 e. The lowest BCUT2D eigenvalue weighted by Crippen LogP contribution is -2.20. The van der Waals surface area contributed by atoms with Crippen molar-refractivity contribution in [1.82, 2.24) is 9.55 Å². The van der Waals surface area contributed by atoms with Crippen LogP contribution in [0, 0.1) is 6.92 Å². The number of carboxylic acids is 1. The van der Waals surface area contributed by atoms with Crippen LogP contribution in [0.3, 0.4) is 0 Å². The predicted octanol–water partition coefficient (Wildman–Crippen LogP) is 4.96. The summed E-state index contributed by atoms with van der Waals surface area (Å²) >= 11 is 0. The maximum atomic E-state index is 13.3. The third-order valence-electron chi connectivity index (χ3n) is 5.63. The van der Waals surface area contributed by atoms with Gasteiger partial charge in [0.2, 0.25) is 5.89 Å². The zero-order valence-electron chi connectivity index (χ0n) is 16.6. The van der Waals surface area contributed by atoms with Gasteiger partial charge in [-0.2, -0.15) is 0 Å². The first kappa shape index (κ1) is 18.9. The van der Waals surface area contributed by atoms with E-state index in [0.717, 1.165) is 40.4 Å². The molecule has 1 saturated carbocycles. The van der Waals surface area contributed by atoms with Crippen molar-refractivity contribution in [3.05, 3.63) is 74.2 Å². The number of aromatic carboxylic acids is 1. The molecule has 0 amide bonds. The standard InChI is InChI=1S/C22H17N5O4/c1-11-15(12-2-4-13(5-3-12)22(29)30)8-9-16-19(11)27(14-6-7-14)21(28)18-20(16)31-17(25-18)10-24-26-23/h2-5,8-9,14H,6-7,10H2,1H3,(H,29,30). The number of rotatable bonds is 5. The lowest BCUT2D eigenvalue weighted by molar-refractivity contribution is 0.0697. The number of fused-ring (bicyclic) bond motifs is 3. The number of carbonyl (C=O) groups is 1. The Morgan fingerprint density at radius 3 is 2.68 bits per heavy atom. The molecule has 0 radical (unpaired) electrons. The molecule has 1 N–H and O–H groups in total. The zero-order valence-corrected chi connectivity index (χ0v) is 16.6. The first-order valence-corrected chi connectivity index (χ1v) is 9.81. The summed E-state index contributed by atoms with van der Waals surface area (Å²) in [6.07, 6.45) is 1.84. The van der Waals surface area contributed by atoms with Gasteiger partial charge in [0.15, 0.2) is 11.1 Å². The lowest BCUT2D eigenvalue weighted by Gasteiger charge is -2.15. The molecule has 0 bridgehead atoms. The maximum Gasteiger partial charge on any atom is 0.335 e. The third-order valence-corrected chi connectivity index (χ3v) is 5.63. The van der Waals surface area contributed by atoms with Gasteiger partial charge in [0.25, 0.3) is 5.56 Å². The number of carboxylic acid groups (broad SMARTS) is 1. The molecule has 9 heteroatoms. The second-order valence-electron chi connectivity index (χ2n) is 7.60. The van der Waals surface area contributed by atoms with Gasteiger partial charge in [-0.25, -0.2) is 9.78 Å². The van der Waals surface area contributed by atoms with E-state index in [4.69, 9.17) is 15.1 Å². The molecule has 2 aromatic carbocycles. The third kappa shape index (κ3) is 3.03. The molecule has 0 unspecified atom stereocenters. The summed E-state index contributed by atoms with van der Waals surface area (Å²) in [5, 5.41) is 13.4. The largest absolute Gasteiger partial charge is 0.478 e. The van der Waals surface area contributed by atoms with Crippen molar-refractivity contribution < 1.29 is 14.3 Å². The average Bonchev–Trinajstić information content (AvgIpc) is 3.51. The first-order chi connectivity index (χ1) is 15.0. The van der Waals surface area contributed by atoms with E-state index in [9.17, 15) is 9.59 Å². The molecule has 2 aromatic heterocycles. The van der Waals surface area contributed by atoms with E-state index in [0.29, 0.717) is 5.58 Å². The molecule has 1 fully saturated rings. The van der Waals surface area contributed by atoms with Crippen molar-refractivity contribution in [3.8, 4) is 11.1 Å². The smallest absolute Gasteiger partial charge is 0.335 e. The Labute approximate surface area is 175 Å². The van der Waals surface area contributed by atoms with E-state index in [1.807, 2.05) is 19.1 Å². The SMILES string of the molecule is Cc1c(-c2ccc(C(=O)O)cc2)ccc2c3oc(CN=[N+]=[N-])nc3c(=O)n(C3CC3)c12. The Morgan fingerprint density at radius 2 is 2.03 bits per heavy atom. The number of pyridine rings is 1. The number of oxazole rings is 1. The topological polar surface area (TPSA) is 134 Å². The van der Waals surface area contributed by atoms with Crippen LogP contribution in [0.2, 0.25) is 0 Å². The molecular formula is C22H17N5O4. The molecule has 154 valence electrons. The molecule has 0 atom stereocenters. The van der Waals surface area contributed by atoms with Crippen molar-refractivity contribution >= 4 is 28.0 Å². The van der Waals surface area contributed by atoms with E-state index in [-0.39, 0.29) is 35.1 Å². The van der Waals surface area contributed by atoms with Crippen molar-refractivity contribution in [2.24, 2.45) is 5.11 Å². The van der Waals surface area contributed by atoms with Gasteiger partial charge in [-0.1, -0.05) is 23.3 Å². The number of nitrogens with zero attached hydrogens (tertiary/aromatic N) is 5. The molecule has 0 aliphatic heterocycles. The number of hydrogen-bond acceptors (Lipinski definition) is 5. The highest BCUT2D eigenvalue weighted by molar-refractivity contribution is 6.04. The molecular weight excluding hydrogens is 398 g/mol. The van der Waals surface area contributed by atoms with Crippen LogP contribution < -0.4 is 5.56 Å². The van der Waals surface area contributed by atoms with Gasteiger partial charge in [0.05, 0.1) is 11.1 Å². The van der Waals surface area contributed by atoms with Gasteiger partial charge in [0, 0.05) is 16.3 Å². The summed E-state index contributed by atoms with van der Waals surface area (Å²) < 4.78 is 7.60. The second-order valence-corrected chi connectivity index (χ2v) is 7.60. The van der Waals surface area contributed by atoms with Crippen molar-refractivity contribution in [1.29, 1.82) is 0 Å². The number of aryl methyl sites for hydroxylation is 1. The molecule has 0 saturated heterocycles. The Bertz CT molecular complexity index is 1470. The predicted molar refractivity (Wildman–Crippen MR) is 114 cm³/mol. The van der Waals surface area contributed by atoms with Gasteiger partial charge in [-0.05, 0) is 60.2 Å². The fourth-order valence-corrected chi connectivity index (χ4v) is 4.05. The summed E-state index contributed by atoms with van der Waals surface area (Å²) in [6, 6.07) is 10.6. The Balaban J connectivity index is 1.79. The van der Waals surface area contributed by atoms with Gasteiger partial charge in [-0.3, -0.25) is 4.79 Å². The van der Waals surface area contributed by atoms with Gasteiger partial charge in [0.1, 0.15) is 6.54 Å². The Kier molecular flexibility index (Phi) is 4.27. The highest BCUT2D eigenvalue weighted by Crippen LogP contribution is 2.40. The minimum absolute atomic E-state index is 0.0669. The highest BCUT2D eigenvalue weighted by atomic mass is 16.4. The van der Waals surface area contributed by atoms with Crippen LogP contribution in [0.5, 0.6) is 0 Å². The summed E-state index contributed by atoms with van der Waals surface area (Å²) in [5.74, 6) is -0.778. The monoisotopic (exact) mass is 415 g/mol. The number of hydrogen-bond donors (Lipinski definition) is 1. The first-order valence-electron chi connectivity index (χ1n) is 9.81. The molecule has 5 rings (SSSR count). The summed E-state index contributed by atoms with van der Waals surface area (Å²) in [5.41, 5.74) is 12.6. The summed E-state index contributed by atoms with van der Waals surface area (Å²) in [7, 11) is 0. The molecule has 0 spiro atoms. The fraction of sp³-hybridized carbons (Fsp3) is 0.227. The van der Waals surface area contributed by atoms with Crippen molar-refractivity contribution in [3.63, 3.8) is 0 Å². The van der Waals surface area contributed by atoms with Crippen LogP contribution in [0.4, 0.5) is 0 Å². The van der Waals surface area contributed by atoms with E-state index in [1.165, 1.54) is 0 Å². The second kappa shape index (κ2) is 7.00. The number of aromatic nitrogens is 2. The van der Waals surface area contributed by atoms with E-state index < -0.39 is 5.97 Å².